The van der Waals surface area contributed by atoms with Crippen molar-refractivity contribution in [3.63, 3.8) is 0 Å². The summed E-state index contributed by atoms with van der Waals surface area (Å²) in [7, 11) is -2.24. The SMILES string of the molecule is COS(=O)(=O)Cc1scnc1C. The van der Waals surface area contributed by atoms with Crippen LogP contribution in [0, 0.1) is 6.92 Å². The van der Waals surface area contributed by atoms with Crippen LogP contribution in [0.4, 0.5) is 0 Å². The lowest BCUT2D eigenvalue weighted by molar-refractivity contribution is 0.397. The van der Waals surface area contributed by atoms with Crippen molar-refractivity contribution >= 4 is 21.5 Å². The molecule has 0 aromatic carbocycles. The average Bonchev–Trinajstić information content (AvgIpc) is 2.36. The first kappa shape index (κ1) is 9.63. The van der Waals surface area contributed by atoms with Crippen LogP contribution in [0.15, 0.2) is 5.51 Å². The molecule has 0 radical (unpaired) electrons. The summed E-state index contributed by atoms with van der Waals surface area (Å²) in [5.41, 5.74) is 2.37. The first-order chi connectivity index (χ1) is 5.55. The molecule has 0 N–H and O–H groups in total. The predicted octanol–water partition coefficient (Wildman–Crippen LogP) is 0.928. The third-order valence-electron chi connectivity index (χ3n) is 1.41. The second kappa shape index (κ2) is 3.51. The van der Waals surface area contributed by atoms with Crippen LogP contribution in [0.1, 0.15) is 10.6 Å². The summed E-state index contributed by atoms with van der Waals surface area (Å²) < 4.78 is 26.3. The molecule has 0 aliphatic carbocycles. The Morgan fingerprint density at radius 1 is 1.67 bits per heavy atom. The first-order valence-electron chi connectivity index (χ1n) is 3.22. The quantitative estimate of drug-likeness (QED) is 0.692. The van der Waals surface area contributed by atoms with Crippen LogP contribution in [0.5, 0.6) is 0 Å². The second-order valence-corrected chi connectivity index (χ2v) is 4.91. The van der Waals surface area contributed by atoms with Crippen LogP contribution >= 0.6 is 11.3 Å². The van der Waals surface area contributed by atoms with Gasteiger partial charge in [-0.05, 0) is 6.92 Å². The molecule has 0 unspecified atom stereocenters. The van der Waals surface area contributed by atoms with Crippen molar-refractivity contribution in [2.75, 3.05) is 7.11 Å². The van der Waals surface area contributed by atoms with E-state index in [1.807, 2.05) is 0 Å². The number of nitrogens with zero attached hydrogens (tertiary/aromatic N) is 1. The zero-order chi connectivity index (χ0) is 9.19. The Labute approximate surface area is 75.3 Å². The Kier molecular flexibility index (Phi) is 2.81. The minimum absolute atomic E-state index is 0.0833. The van der Waals surface area contributed by atoms with Crippen LogP contribution in [0.25, 0.3) is 0 Å². The molecule has 0 aliphatic heterocycles. The molecular weight excluding hydrogens is 198 g/mol. The maximum atomic E-state index is 11.0. The van der Waals surface area contributed by atoms with E-state index in [0.717, 1.165) is 17.7 Å². The number of thiazole rings is 1. The van der Waals surface area contributed by atoms with E-state index >= 15 is 0 Å². The normalized spacial score (nSPS) is 11.8. The van der Waals surface area contributed by atoms with Crippen molar-refractivity contribution in [2.45, 2.75) is 12.7 Å². The smallest absolute Gasteiger partial charge is 0.272 e. The van der Waals surface area contributed by atoms with Gasteiger partial charge in [-0.15, -0.1) is 11.3 Å². The minimum Gasteiger partial charge on any atom is -0.273 e. The van der Waals surface area contributed by atoms with Crippen molar-refractivity contribution in [2.24, 2.45) is 0 Å². The van der Waals surface area contributed by atoms with Crippen molar-refractivity contribution in [3.05, 3.63) is 16.1 Å². The van der Waals surface area contributed by atoms with Crippen LogP contribution in [0.2, 0.25) is 0 Å². The van der Waals surface area contributed by atoms with Crippen molar-refractivity contribution in [3.8, 4) is 0 Å². The first-order valence-corrected chi connectivity index (χ1v) is 5.68. The van der Waals surface area contributed by atoms with Crippen molar-refractivity contribution in [1.29, 1.82) is 0 Å². The summed E-state index contributed by atoms with van der Waals surface area (Å²) in [5, 5.41) is 0. The van der Waals surface area contributed by atoms with E-state index in [1.165, 1.54) is 11.3 Å². The Balaban J connectivity index is 2.84. The van der Waals surface area contributed by atoms with E-state index in [-0.39, 0.29) is 5.75 Å². The largest absolute Gasteiger partial charge is 0.273 e. The van der Waals surface area contributed by atoms with Crippen LogP contribution < -0.4 is 0 Å². The number of aryl methyl sites for hydroxylation is 1. The summed E-state index contributed by atoms with van der Waals surface area (Å²) in [5.74, 6) is -0.0833. The molecule has 6 heteroatoms. The lowest BCUT2D eigenvalue weighted by atomic mass is 10.4. The molecule has 1 aromatic rings. The molecule has 0 aliphatic rings. The predicted molar refractivity (Wildman–Crippen MR) is 46.5 cm³/mol. The van der Waals surface area contributed by atoms with Gasteiger partial charge in [-0.25, -0.2) is 4.98 Å². The van der Waals surface area contributed by atoms with E-state index in [2.05, 4.69) is 9.17 Å². The van der Waals surface area contributed by atoms with Gasteiger partial charge in [0.2, 0.25) is 0 Å². The Hall–Kier alpha value is -0.460. The maximum Gasteiger partial charge on any atom is 0.272 e. The van der Waals surface area contributed by atoms with Crippen LogP contribution in [0.3, 0.4) is 0 Å². The van der Waals surface area contributed by atoms with E-state index in [9.17, 15) is 8.42 Å². The molecule has 0 bridgehead atoms. The van der Waals surface area contributed by atoms with Crippen molar-refractivity contribution < 1.29 is 12.6 Å². The third kappa shape index (κ3) is 2.26. The number of rotatable bonds is 3. The molecule has 0 fully saturated rings. The number of hydrogen-bond donors (Lipinski definition) is 0. The van der Waals surface area contributed by atoms with Gasteiger partial charge in [0.1, 0.15) is 5.75 Å². The van der Waals surface area contributed by atoms with Crippen LogP contribution in [-0.2, 0) is 20.1 Å². The molecule has 12 heavy (non-hydrogen) atoms. The molecule has 0 saturated heterocycles. The summed E-state index contributed by atoms with van der Waals surface area (Å²) in [4.78, 5) is 4.67. The highest BCUT2D eigenvalue weighted by atomic mass is 32.2. The lowest BCUT2D eigenvalue weighted by Gasteiger charge is -1.98. The Morgan fingerprint density at radius 2 is 2.33 bits per heavy atom. The Morgan fingerprint density at radius 3 is 2.75 bits per heavy atom. The molecule has 0 spiro atoms. The third-order valence-corrected chi connectivity index (χ3v) is 3.67. The molecule has 4 nitrogen and oxygen atoms in total. The van der Waals surface area contributed by atoms with Gasteiger partial charge in [0.25, 0.3) is 10.1 Å². The molecule has 68 valence electrons. The molecular formula is C6H9NO3S2. The molecule has 0 atom stereocenters. The number of hydrogen-bond acceptors (Lipinski definition) is 5. The summed E-state index contributed by atoms with van der Waals surface area (Å²) >= 11 is 1.32. The fourth-order valence-corrected chi connectivity index (χ4v) is 2.60. The molecule has 1 heterocycles. The standard InChI is InChI=1S/C6H9NO3S2/c1-5-6(11-4-7-5)3-12(8,9)10-2/h4H,3H2,1-2H3. The van der Waals surface area contributed by atoms with Gasteiger partial charge in [0.05, 0.1) is 18.3 Å². The summed E-state index contributed by atoms with van der Waals surface area (Å²) in [6, 6.07) is 0. The summed E-state index contributed by atoms with van der Waals surface area (Å²) in [6.07, 6.45) is 0. The monoisotopic (exact) mass is 207 g/mol. The maximum absolute atomic E-state index is 11.0. The molecule has 1 aromatic heterocycles. The summed E-state index contributed by atoms with van der Waals surface area (Å²) in [6.45, 7) is 1.77. The fraction of sp³-hybridized carbons (Fsp3) is 0.500. The highest BCUT2D eigenvalue weighted by molar-refractivity contribution is 7.86. The van der Waals surface area contributed by atoms with Gasteiger partial charge in [-0.3, -0.25) is 4.18 Å². The van der Waals surface area contributed by atoms with Gasteiger partial charge in [-0.1, -0.05) is 0 Å². The van der Waals surface area contributed by atoms with Gasteiger partial charge in [-0.2, -0.15) is 8.42 Å². The molecule has 0 saturated carbocycles. The topological polar surface area (TPSA) is 56.3 Å². The highest BCUT2D eigenvalue weighted by Gasteiger charge is 2.13. The minimum atomic E-state index is -3.39. The van der Waals surface area contributed by atoms with Gasteiger partial charge >= 0.3 is 0 Å². The highest BCUT2D eigenvalue weighted by Crippen LogP contribution is 2.15. The van der Waals surface area contributed by atoms with Gasteiger partial charge in [0, 0.05) is 4.88 Å². The van der Waals surface area contributed by atoms with E-state index in [1.54, 1.807) is 12.4 Å². The lowest BCUT2D eigenvalue weighted by Crippen LogP contribution is -2.05. The van der Waals surface area contributed by atoms with E-state index in [4.69, 9.17) is 0 Å². The zero-order valence-corrected chi connectivity index (χ0v) is 8.41. The number of aromatic nitrogens is 1. The fourth-order valence-electron chi connectivity index (χ4n) is 0.684. The Bertz CT molecular complexity index is 355. The van der Waals surface area contributed by atoms with E-state index in [0.29, 0.717) is 0 Å². The average molecular weight is 207 g/mol. The molecule has 1 rings (SSSR count). The second-order valence-electron chi connectivity index (χ2n) is 2.23. The van der Waals surface area contributed by atoms with Gasteiger partial charge < -0.3 is 0 Å². The van der Waals surface area contributed by atoms with Crippen molar-refractivity contribution in [1.82, 2.24) is 4.98 Å². The zero-order valence-electron chi connectivity index (χ0n) is 6.77. The molecule has 0 amide bonds. The van der Waals surface area contributed by atoms with E-state index < -0.39 is 10.1 Å². The van der Waals surface area contributed by atoms with Gasteiger partial charge in [0.15, 0.2) is 0 Å². The van der Waals surface area contributed by atoms with Crippen LogP contribution in [-0.4, -0.2) is 20.5 Å².